The molecule has 9 nitrogen and oxygen atoms in total. The van der Waals surface area contributed by atoms with Gasteiger partial charge in [-0.1, -0.05) is 38.1 Å². The highest BCUT2D eigenvalue weighted by molar-refractivity contribution is 7.09. The number of methoxy groups -OCH3 is 1. The number of amides is 3. The Kier molecular flexibility index (Phi) is 10.4. The van der Waals surface area contributed by atoms with Gasteiger partial charge in [-0.15, -0.1) is 11.3 Å². The lowest BCUT2D eigenvalue weighted by molar-refractivity contribution is 0.0741. The summed E-state index contributed by atoms with van der Waals surface area (Å²) in [5.74, 6) is 1.20. The molecule has 1 aliphatic rings. The molecule has 1 N–H and O–H groups in total. The van der Waals surface area contributed by atoms with Crippen LogP contribution in [0.5, 0.6) is 5.75 Å². The molecule has 0 saturated carbocycles. The number of hydrogen-bond donors (Lipinski definition) is 1. The van der Waals surface area contributed by atoms with Crippen molar-refractivity contribution in [2.45, 2.75) is 33.2 Å². The van der Waals surface area contributed by atoms with Crippen molar-refractivity contribution >= 4 is 34.6 Å². The van der Waals surface area contributed by atoms with Gasteiger partial charge < -0.3 is 29.5 Å². The molecule has 1 fully saturated rings. The van der Waals surface area contributed by atoms with Crippen LogP contribution in [0.2, 0.25) is 0 Å². The van der Waals surface area contributed by atoms with Crippen LogP contribution in [-0.2, 0) is 11.3 Å². The average Bonchev–Trinajstić information content (AvgIpc) is 3.44. The average molecular weight is 566 g/mol. The maximum Gasteiger partial charge on any atom is 0.322 e. The second-order valence-electron chi connectivity index (χ2n) is 9.93. The first-order valence-electron chi connectivity index (χ1n) is 13.7. The van der Waals surface area contributed by atoms with Gasteiger partial charge in [0, 0.05) is 50.9 Å². The monoisotopic (exact) mass is 565 g/mol. The predicted molar refractivity (Wildman–Crippen MR) is 160 cm³/mol. The molecule has 2 heterocycles. The van der Waals surface area contributed by atoms with E-state index in [9.17, 15) is 9.59 Å². The largest absolute Gasteiger partial charge is 0.492 e. The molecular weight excluding hydrogens is 526 g/mol. The van der Waals surface area contributed by atoms with E-state index in [2.05, 4.69) is 35.1 Å². The Morgan fingerprint density at radius 3 is 2.48 bits per heavy atom. The van der Waals surface area contributed by atoms with Crippen LogP contribution >= 0.6 is 11.3 Å². The molecule has 40 heavy (non-hydrogen) atoms. The fraction of sp³-hybridized carbons (Fsp3) is 0.433. The third-order valence-corrected chi connectivity index (χ3v) is 7.68. The summed E-state index contributed by atoms with van der Waals surface area (Å²) in [4.78, 5) is 36.7. The van der Waals surface area contributed by atoms with Crippen LogP contribution in [0.25, 0.3) is 0 Å². The van der Waals surface area contributed by atoms with E-state index in [0.29, 0.717) is 56.0 Å². The molecule has 10 heteroatoms. The molecule has 3 amide bonds. The van der Waals surface area contributed by atoms with Gasteiger partial charge in [0.05, 0.1) is 25.4 Å². The molecule has 2 aromatic carbocycles. The Morgan fingerprint density at radius 1 is 1.07 bits per heavy atom. The van der Waals surface area contributed by atoms with Gasteiger partial charge in [-0.2, -0.15) is 0 Å². The van der Waals surface area contributed by atoms with Gasteiger partial charge in [0.25, 0.3) is 5.91 Å². The number of carbonyl (C=O) groups is 2. The van der Waals surface area contributed by atoms with E-state index in [1.54, 1.807) is 17.4 Å². The summed E-state index contributed by atoms with van der Waals surface area (Å²) in [6, 6.07) is 15.7. The van der Waals surface area contributed by atoms with Gasteiger partial charge in [-0.25, -0.2) is 9.78 Å². The van der Waals surface area contributed by atoms with Crippen molar-refractivity contribution in [2.24, 2.45) is 0 Å². The summed E-state index contributed by atoms with van der Waals surface area (Å²) < 4.78 is 11.0. The number of aromatic nitrogens is 1. The summed E-state index contributed by atoms with van der Waals surface area (Å²) in [6.45, 7) is 10.6. The summed E-state index contributed by atoms with van der Waals surface area (Å²) in [6.07, 6.45) is 0. The normalized spacial score (nSPS) is 13.4. The number of para-hydroxylation sites is 2. The first kappa shape index (κ1) is 29.4. The molecule has 214 valence electrons. The van der Waals surface area contributed by atoms with Gasteiger partial charge in [0.15, 0.2) is 0 Å². The molecule has 1 aliphatic heterocycles. The molecule has 0 spiro atoms. The van der Waals surface area contributed by atoms with Crippen LogP contribution in [0.3, 0.4) is 0 Å². The number of carbonyl (C=O) groups excluding carboxylic acids is 2. The van der Waals surface area contributed by atoms with E-state index in [1.165, 1.54) is 16.9 Å². The predicted octanol–water partition coefficient (Wildman–Crippen LogP) is 5.31. The topological polar surface area (TPSA) is 87.2 Å². The van der Waals surface area contributed by atoms with Gasteiger partial charge >= 0.3 is 6.03 Å². The Morgan fingerprint density at radius 2 is 1.80 bits per heavy atom. The van der Waals surface area contributed by atoms with Gasteiger partial charge in [-0.05, 0) is 42.7 Å². The van der Waals surface area contributed by atoms with Crippen LogP contribution in [0.1, 0.15) is 47.7 Å². The zero-order valence-corrected chi connectivity index (χ0v) is 24.6. The molecule has 0 radical (unpaired) electrons. The molecule has 0 atom stereocenters. The van der Waals surface area contributed by atoms with Gasteiger partial charge in [0.2, 0.25) is 0 Å². The second-order valence-corrected chi connectivity index (χ2v) is 10.9. The molecule has 0 unspecified atom stereocenters. The number of piperazine rings is 1. The summed E-state index contributed by atoms with van der Waals surface area (Å²) >= 11 is 1.39. The molecule has 0 aliphatic carbocycles. The molecule has 1 saturated heterocycles. The molecule has 4 rings (SSSR count). The Labute approximate surface area is 240 Å². The first-order chi connectivity index (χ1) is 19.4. The fourth-order valence-electron chi connectivity index (χ4n) is 4.56. The smallest absolute Gasteiger partial charge is 0.322 e. The van der Waals surface area contributed by atoms with E-state index < -0.39 is 0 Å². The highest BCUT2D eigenvalue weighted by Gasteiger charge is 2.26. The number of benzene rings is 2. The van der Waals surface area contributed by atoms with E-state index in [-0.39, 0.29) is 11.9 Å². The lowest BCUT2D eigenvalue weighted by Gasteiger charge is -2.36. The molecule has 3 aromatic rings. The van der Waals surface area contributed by atoms with Crippen molar-refractivity contribution in [3.8, 4) is 5.75 Å². The maximum absolute atomic E-state index is 13.2. The standard InChI is InChI=1S/C30H39N5O4S/c1-5-39-27-9-7-6-8-26(27)33-14-16-34(17-15-33)29(36)25-21-40-28(32-25)20-35(18-19-38-4)30(37)31-24-12-10-23(11-13-24)22(2)3/h6-13,21-22H,5,14-20H2,1-4H3,(H,31,37). The number of thiazole rings is 1. The maximum atomic E-state index is 13.2. The van der Waals surface area contributed by atoms with Crippen LogP contribution in [-0.4, -0.2) is 79.8 Å². The van der Waals surface area contributed by atoms with Crippen molar-refractivity contribution in [3.63, 3.8) is 0 Å². The minimum Gasteiger partial charge on any atom is -0.492 e. The van der Waals surface area contributed by atoms with Crippen LogP contribution < -0.4 is 15.0 Å². The number of ether oxygens (including phenoxy) is 2. The van der Waals surface area contributed by atoms with E-state index in [0.717, 1.165) is 30.2 Å². The zero-order chi connectivity index (χ0) is 28.5. The second kappa shape index (κ2) is 14.1. The molecule has 1 aromatic heterocycles. The van der Waals surface area contributed by atoms with E-state index in [4.69, 9.17) is 9.47 Å². The zero-order valence-electron chi connectivity index (χ0n) is 23.8. The van der Waals surface area contributed by atoms with Crippen LogP contribution in [0, 0.1) is 0 Å². The summed E-state index contributed by atoms with van der Waals surface area (Å²) in [5, 5.41) is 5.45. The quantitative estimate of drug-likeness (QED) is 0.339. The lowest BCUT2D eigenvalue weighted by Crippen LogP contribution is -2.49. The highest BCUT2D eigenvalue weighted by Crippen LogP contribution is 2.29. The third-order valence-electron chi connectivity index (χ3n) is 6.85. The summed E-state index contributed by atoms with van der Waals surface area (Å²) in [7, 11) is 1.61. The number of anilines is 2. The number of nitrogens with zero attached hydrogens (tertiary/aromatic N) is 4. The number of nitrogens with one attached hydrogen (secondary N) is 1. The Bertz CT molecular complexity index is 1250. The van der Waals surface area contributed by atoms with E-state index >= 15 is 0 Å². The Balaban J connectivity index is 1.35. The third kappa shape index (κ3) is 7.51. The van der Waals surface area contributed by atoms with Crippen LogP contribution in [0.15, 0.2) is 53.9 Å². The SMILES string of the molecule is CCOc1ccccc1N1CCN(C(=O)c2csc(CN(CCOC)C(=O)Nc3ccc(C(C)C)cc3)n2)CC1. The highest BCUT2D eigenvalue weighted by atomic mass is 32.1. The number of rotatable bonds is 11. The number of urea groups is 1. The molecule has 0 bridgehead atoms. The fourth-order valence-corrected chi connectivity index (χ4v) is 5.34. The van der Waals surface area contributed by atoms with Crippen molar-refractivity contribution in [3.05, 3.63) is 70.2 Å². The molecular formula is C30H39N5O4S. The minimum absolute atomic E-state index is 0.0848. The van der Waals surface area contributed by atoms with Crippen molar-refractivity contribution in [1.29, 1.82) is 0 Å². The van der Waals surface area contributed by atoms with Crippen molar-refractivity contribution in [2.75, 3.05) is 63.3 Å². The van der Waals surface area contributed by atoms with Crippen LogP contribution in [0.4, 0.5) is 16.2 Å². The van der Waals surface area contributed by atoms with Gasteiger partial charge in [-0.3, -0.25) is 4.79 Å². The first-order valence-corrected chi connectivity index (χ1v) is 14.6. The number of hydrogen-bond acceptors (Lipinski definition) is 7. The summed E-state index contributed by atoms with van der Waals surface area (Å²) in [5.41, 5.74) is 3.41. The minimum atomic E-state index is -0.235. The van der Waals surface area contributed by atoms with E-state index in [1.807, 2.05) is 54.3 Å². The lowest BCUT2D eigenvalue weighted by atomic mass is 10.0. The van der Waals surface area contributed by atoms with Crippen molar-refractivity contribution < 1.29 is 19.1 Å². The van der Waals surface area contributed by atoms with Gasteiger partial charge in [0.1, 0.15) is 16.5 Å². The Hall–Kier alpha value is -3.63. The van der Waals surface area contributed by atoms with Crippen molar-refractivity contribution in [1.82, 2.24) is 14.8 Å².